The molecule has 1 aromatic carbocycles. The molecule has 0 aliphatic heterocycles. The van der Waals surface area contributed by atoms with Gasteiger partial charge in [-0.2, -0.15) is 0 Å². The minimum Gasteiger partial charge on any atom is -0.348 e. The highest BCUT2D eigenvalue weighted by Gasteiger charge is 2.14. The maximum atomic E-state index is 11.8. The quantitative estimate of drug-likeness (QED) is 0.747. The molecule has 0 fully saturated rings. The normalized spacial score (nSPS) is 11.3. The molecule has 1 amide bonds. The van der Waals surface area contributed by atoms with Gasteiger partial charge in [0.2, 0.25) is 15.9 Å². The van der Waals surface area contributed by atoms with E-state index in [4.69, 9.17) is 5.73 Å². The van der Waals surface area contributed by atoms with Crippen LogP contribution in [0.5, 0.6) is 0 Å². The topological polar surface area (TPSA) is 92.5 Å². The number of likely N-dealkylation sites (N-methyl/N-ethyl adjacent to an activating group) is 1. The summed E-state index contributed by atoms with van der Waals surface area (Å²) in [6.45, 7) is 0.193. The van der Waals surface area contributed by atoms with Gasteiger partial charge in [-0.15, -0.1) is 0 Å². The smallest absolute Gasteiger partial charge is 0.237 e. The van der Waals surface area contributed by atoms with Crippen molar-refractivity contribution in [1.29, 1.82) is 0 Å². The Kier molecular flexibility index (Phi) is 5.46. The summed E-state index contributed by atoms with van der Waals surface area (Å²) in [5.41, 5.74) is 7.06. The Morgan fingerprint density at radius 1 is 1.21 bits per heavy atom. The molecule has 0 aromatic heterocycles. The number of hydrogen-bond acceptors (Lipinski definition) is 4. The Morgan fingerprint density at radius 2 is 1.74 bits per heavy atom. The predicted molar refractivity (Wildman–Crippen MR) is 73.7 cm³/mol. The third-order valence-electron chi connectivity index (χ3n) is 2.56. The number of amides is 1. The fraction of sp³-hybridized carbons (Fsp3) is 0.417. The summed E-state index contributed by atoms with van der Waals surface area (Å²) in [5.74, 6) is -0.444. The number of nitrogens with zero attached hydrogens (tertiary/aromatic N) is 1. The fourth-order valence-electron chi connectivity index (χ4n) is 1.37. The van der Waals surface area contributed by atoms with E-state index in [1.165, 1.54) is 4.90 Å². The molecule has 0 unspecified atom stereocenters. The minimum absolute atomic E-state index is 0.154. The molecule has 0 spiro atoms. The first kappa shape index (κ1) is 15.6. The first-order valence-electron chi connectivity index (χ1n) is 5.79. The summed E-state index contributed by atoms with van der Waals surface area (Å²) in [6, 6.07) is 7.01. The van der Waals surface area contributed by atoms with Crippen LogP contribution in [0.4, 0.5) is 0 Å². The van der Waals surface area contributed by atoms with Gasteiger partial charge in [-0.1, -0.05) is 24.3 Å². The molecule has 6 nitrogen and oxygen atoms in total. The fourth-order valence-corrected chi connectivity index (χ4v) is 2.45. The first-order valence-corrected chi connectivity index (χ1v) is 7.44. The lowest BCUT2D eigenvalue weighted by molar-refractivity contribution is -0.127. The molecule has 0 aliphatic carbocycles. The predicted octanol–water partition coefficient (Wildman–Crippen LogP) is -0.347. The second-order valence-corrected chi connectivity index (χ2v) is 6.20. The van der Waals surface area contributed by atoms with Crippen LogP contribution in [0.2, 0.25) is 0 Å². The average Bonchev–Trinajstić information content (AvgIpc) is 2.36. The van der Waals surface area contributed by atoms with Gasteiger partial charge in [0.15, 0.2) is 0 Å². The number of nitrogens with two attached hydrogens (primary N) is 1. The summed E-state index contributed by atoms with van der Waals surface area (Å²) in [4.78, 5) is 12.6. The number of carbonyl (C=O) groups excluding carboxylic acids is 1. The summed E-state index contributed by atoms with van der Waals surface area (Å²) >= 11 is 0. The van der Waals surface area contributed by atoms with Crippen LogP contribution in [0.1, 0.15) is 11.1 Å². The Labute approximate surface area is 113 Å². The number of carbonyl (C=O) groups is 1. The third-order valence-corrected chi connectivity index (χ3v) is 3.86. The van der Waals surface area contributed by atoms with Gasteiger partial charge in [0.05, 0.1) is 12.3 Å². The van der Waals surface area contributed by atoms with E-state index in [-0.39, 0.29) is 18.2 Å². The van der Waals surface area contributed by atoms with Gasteiger partial charge in [-0.05, 0) is 11.1 Å². The monoisotopic (exact) mass is 285 g/mol. The molecule has 0 aliphatic rings. The van der Waals surface area contributed by atoms with Crippen LogP contribution in [0.15, 0.2) is 24.3 Å². The van der Waals surface area contributed by atoms with Crippen LogP contribution in [0, 0.1) is 0 Å². The number of rotatable bonds is 6. The van der Waals surface area contributed by atoms with Crippen LogP contribution >= 0.6 is 0 Å². The van der Waals surface area contributed by atoms with Crippen molar-refractivity contribution in [3.8, 4) is 0 Å². The van der Waals surface area contributed by atoms with Crippen molar-refractivity contribution in [2.75, 3.05) is 20.6 Å². The van der Waals surface area contributed by atoms with Gasteiger partial charge in [0.1, 0.15) is 0 Å². The molecular weight excluding hydrogens is 266 g/mol. The molecule has 0 bridgehead atoms. The second-order valence-electron chi connectivity index (χ2n) is 4.39. The van der Waals surface area contributed by atoms with E-state index < -0.39 is 10.0 Å². The Morgan fingerprint density at radius 3 is 2.21 bits per heavy atom. The van der Waals surface area contributed by atoms with Gasteiger partial charge >= 0.3 is 0 Å². The number of benzene rings is 1. The maximum absolute atomic E-state index is 11.8. The molecule has 7 heteroatoms. The van der Waals surface area contributed by atoms with Crippen LogP contribution < -0.4 is 10.5 Å². The molecule has 0 atom stereocenters. The number of sulfonamides is 1. The van der Waals surface area contributed by atoms with Gasteiger partial charge in [-0.3, -0.25) is 4.79 Å². The van der Waals surface area contributed by atoms with Crippen molar-refractivity contribution in [2.24, 2.45) is 5.73 Å². The molecule has 1 rings (SSSR count). The standard InChI is InChI=1S/C12H19N3O3S/c1-15(2)12(16)8-14-19(17,18)9-11-5-3-10(7-13)4-6-11/h3-6,14H,7-9,13H2,1-2H3. The van der Waals surface area contributed by atoms with Gasteiger partial charge < -0.3 is 10.6 Å². The average molecular weight is 285 g/mol. The van der Waals surface area contributed by atoms with Crippen LogP contribution in [0.25, 0.3) is 0 Å². The minimum atomic E-state index is -3.51. The summed E-state index contributed by atoms with van der Waals surface area (Å²) in [6.07, 6.45) is 0. The highest BCUT2D eigenvalue weighted by Crippen LogP contribution is 2.07. The zero-order chi connectivity index (χ0) is 14.5. The van der Waals surface area contributed by atoms with Crippen LogP contribution in [-0.2, 0) is 27.1 Å². The molecule has 19 heavy (non-hydrogen) atoms. The number of nitrogens with one attached hydrogen (secondary N) is 1. The highest BCUT2D eigenvalue weighted by atomic mass is 32.2. The van der Waals surface area contributed by atoms with Crippen molar-refractivity contribution >= 4 is 15.9 Å². The molecule has 0 heterocycles. The SMILES string of the molecule is CN(C)C(=O)CNS(=O)(=O)Cc1ccc(CN)cc1. The summed E-state index contributed by atoms with van der Waals surface area (Å²) in [5, 5.41) is 0. The lowest BCUT2D eigenvalue weighted by atomic mass is 10.1. The highest BCUT2D eigenvalue weighted by molar-refractivity contribution is 7.88. The third kappa shape index (κ3) is 5.37. The Balaban J connectivity index is 2.61. The lowest BCUT2D eigenvalue weighted by Gasteiger charge is -2.11. The molecule has 1 aromatic rings. The van der Waals surface area contributed by atoms with Crippen molar-refractivity contribution in [1.82, 2.24) is 9.62 Å². The van der Waals surface area contributed by atoms with Crippen LogP contribution in [-0.4, -0.2) is 39.9 Å². The van der Waals surface area contributed by atoms with E-state index in [2.05, 4.69) is 4.72 Å². The van der Waals surface area contributed by atoms with Crippen molar-refractivity contribution < 1.29 is 13.2 Å². The van der Waals surface area contributed by atoms with E-state index in [0.717, 1.165) is 5.56 Å². The molecule has 106 valence electrons. The van der Waals surface area contributed by atoms with E-state index in [0.29, 0.717) is 12.1 Å². The zero-order valence-corrected chi connectivity index (χ0v) is 11.9. The van der Waals surface area contributed by atoms with E-state index in [9.17, 15) is 13.2 Å². The largest absolute Gasteiger partial charge is 0.348 e. The van der Waals surface area contributed by atoms with Crippen molar-refractivity contribution in [3.05, 3.63) is 35.4 Å². The molecule has 3 N–H and O–H groups in total. The van der Waals surface area contributed by atoms with E-state index in [1.807, 2.05) is 0 Å². The molecule has 0 radical (unpaired) electrons. The summed E-state index contributed by atoms with van der Waals surface area (Å²) in [7, 11) is -0.368. The molecule has 0 saturated heterocycles. The molecular formula is C12H19N3O3S. The lowest BCUT2D eigenvalue weighted by Crippen LogP contribution is -2.36. The zero-order valence-electron chi connectivity index (χ0n) is 11.1. The maximum Gasteiger partial charge on any atom is 0.237 e. The first-order chi connectivity index (χ1) is 8.84. The molecule has 0 saturated carbocycles. The summed E-state index contributed by atoms with van der Waals surface area (Å²) < 4.78 is 25.8. The Bertz CT molecular complexity index is 524. The second kappa shape index (κ2) is 6.65. The van der Waals surface area contributed by atoms with Gasteiger partial charge in [-0.25, -0.2) is 13.1 Å². The van der Waals surface area contributed by atoms with Gasteiger partial charge in [0.25, 0.3) is 0 Å². The van der Waals surface area contributed by atoms with Gasteiger partial charge in [0, 0.05) is 20.6 Å². The number of hydrogen-bond donors (Lipinski definition) is 2. The Hall–Kier alpha value is -1.44. The van der Waals surface area contributed by atoms with E-state index >= 15 is 0 Å². The van der Waals surface area contributed by atoms with Crippen molar-refractivity contribution in [2.45, 2.75) is 12.3 Å². The van der Waals surface area contributed by atoms with Crippen LogP contribution in [0.3, 0.4) is 0 Å². The van der Waals surface area contributed by atoms with Crippen molar-refractivity contribution in [3.63, 3.8) is 0 Å². The van der Waals surface area contributed by atoms with E-state index in [1.54, 1.807) is 38.4 Å².